The van der Waals surface area contributed by atoms with Crippen molar-refractivity contribution in [3.05, 3.63) is 24.3 Å². The van der Waals surface area contributed by atoms with Gasteiger partial charge in [-0.3, -0.25) is 0 Å². The molecule has 0 unspecified atom stereocenters. The Morgan fingerprint density at radius 3 is 0.529 bits per heavy atom. The van der Waals surface area contributed by atoms with Crippen LogP contribution in [0, 0.1) is 0 Å². The van der Waals surface area contributed by atoms with Gasteiger partial charge in [-0.15, -0.1) is 0 Å². The van der Waals surface area contributed by atoms with Gasteiger partial charge in [0, 0.05) is 0 Å². The van der Waals surface area contributed by atoms with Crippen molar-refractivity contribution in [1.29, 1.82) is 0 Å². The minimum Gasteiger partial charge on any atom is -0.0917 e. The molecule has 0 atom stereocenters. The lowest BCUT2D eigenvalue weighted by atomic mass is 10.0. The molecule has 0 amide bonds. The van der Waals surface area contributed by atoms with Gasteiger partial charge in [-0.05, 0) is 39.5 Å². The Bertz CT molecular complexity index is 353. The van der Waals surface area contributed by atoms with Crippen LogP contribution in [0.25, 0.3) is 0 Å². The summed E-state index contributed by atoms with van der Waals surface area (Å²) in [5, 5.41) is 0. The number of unbranched alkanes of at least 4 members (excludes halogenated alkanes) is 27. The van der Waals surface area contributed by atoms with Crippen molar-refractivity contribution in [3.63, 3.8) is 0 Å². The molecule has 0 nitrogen and oxygen atoms in total. The van der Waals surface area contributed by atoms with E-state index in [4.69, 9.17) is 0 Å². The minimum absolute atomic E-state index is 1.29. The summed E-state index contributed by atoms with van der Waals surface area (Å²) in [6, 6.07) is 0. The van der Waals surface area contributed by atoms with Crippen molar-refractivity contribution in [2.45, 2.75) is 194 Å². The topological polar surface area (TPSA) is 0 Å². The molecule has 0 aliphatic carbocycles. The summed E-state index contributed by atoms with van der Waals surface area (Å²) in [4.78, 5) is 0. The summed E-state index contributed by atoms with van der Waals surface area (Å²) in [6.45, 7) is 4.25. The molecule has 0 bridgehead atoms. The standard InChI is InChI=1S/C34H66/c1-3-5-7-9-11-13-15-17-19-21-23-25-27-29-31-33-34-32-30-28-26-24-22-20-18-16-14-12-10-8-6-4-2/h3-6H,7-34H2,1-2H3. The van der Waals surface area contributed by atoms with E-state index in [1.165, 1.54) is 180 Å². The summed E-state index contributed by atoms with van der Waals surface area (Å²) in [5.41, 5.74) is 0. The van der Waals surface area contributed by atoms with Crippen molar-refractivity contribution >= 4 is 0 Å². The van der Waals surface area contributed by atoms with Crippen LogP contribution in [0.1, 0.15) is 194 Å². The Balaban J connectivity index is 3.01. The number of hydrogen-bond acceptors (Lipinski definition) is 0. The number of rotatable bonds is 29. The first-order chi connectivity index (χ1) is 16.9. The van der Waals surface area contributed by atoms with Gasteiger partial charge in [-0.25, -0.2) is 0 Å². The Morgan fingerprint density at radius 1 is 0.235 bits per heavy atom. The second-order valence-corrected chi connectivity index (χ2v) is 10.9. The molecular weight excluding hydrogens is 408 g/mol. The minimum atomic E-state index is 1.29. The molecule has 0 aromatic heterocycles. The second kappa shape index (κ2) is 32.5. The highest BCUT2D eigenvalue weighted by molar-refractivity contribution is 4.76. The molecular formula is C34H66. The maximum Gasteiger partial charge on any atom is -0.0351 e. The van der Waals surface area contributed by atoms with Crippen LogP contribution in [-0.4, -0.2) is 0 Å². The van der Waals surface area contributed by atoms with Gasteiger partial charge in [0.05, 0.1) is 0 Å². The quantitative estimate of drug-likeness (QED) is 0.0746. The fraction of sp³-hybridized carbons (Fsp3) is 0.882. The highest BCUT2D eigenvalue weighted by Gasteiger charge is 1.96. The second-order valence-electron chi connectivity index (χ2n) is 10.9. The van der Waals surface area contributed by atoms with Gasteiger partial charge >= 0.3 is 0 Å². The smallest absolute Gasteiger partial charge is 0.0351 e. The Hall–Kier alpha value is -0.520. The number of allylic oxidation sites excluding steroid dienone is 4. The largest absolute Gasteiger partial charge is 0.0917 e. The molecule has 0 spiro atoms. The third-order valence-electron chi connectivity index (χ3n) is 7.46. The van der Waals surface area contributed by atoms with Crippen LogP contribution in [0.3, 0.4) is 0 Å². The van der Waals surface area contributed by atoms with E-state index < -0.39 is 0 Å². The SMILES string of the molecule is CC=CCCCCCCCCCCCCCCCCCCCCCCCCCCCCC=CC. The van der Waals surface area contributed by atoms with Crippen LogP contribution >= 0.6 is 0 Å². The maximum atomic E-state index is 2.31. The third-order valence-corrected chi connectivity index (χ3v) is 7.46. The lowest BCUT2D eigenvalue weighted by Crippen LogP contribution is -1.85. The third kappa shape index (κ3) is 31.5. The molecule has 34 heavy (non-hydrogen) atoms. The molecule has 0 saturated carbocycles. The maximum absolute atomic E-state index is 2.31. The van der Waals surface area contributed by atoms with E-state index >= 15 is 0 Å². The van der Waals surface area contributed by atoms with Crippen molar-refractivity contribution in [2.75, 3.05) is 0 Å². The van der Waals surface area contributed by atoms with E-state index in [-0.39, 0.29) is 0 Å². The van der Waals surface area contributed by atoms with Crippen LogP contribution in [0.5, 0.6) is 0 Å². The first kappa shape index (κ1) is 33.5. The van der Waals surface area contributed by atoms with Gasteiger partial charge in [-0.2, -0.15) is 0 Å². The Labute approximate surface area is 217 Å². The van der Waals surface area contributed by atoms with Crippen molar-refractivity contribution in [2.24, 2.45) is 0 Å². The van der Waals surface area contributed by atoms with E-state index in [2.05, 4.69) is 38.2 Å². The highest BCUT2D eigenvalue weighted by atomic mass is 14.0. The summed E-state index contributed by atoms with van der Waals surface area (Å²) in [5.74, 6) is 0. The van der Waals surface area contributed by atoms with Gasteiger partial charge in [0.2, 0.25) is 0 Å². The van der Waals surface area contributed by atoms with E-state index in [1.54, 1.807) is 0 Å². The van der Waals surface area contributed by atoms with E-state index in [0.29, 0.717) is 0 Å². The summed E-state index contributed by atoms with van der Waals surface area (Å²) < 4.78 is 0. The molecule has 0 heteroatoms. The van der Waals surface area contributed by atoms with Gasteiger partial charge in [0.25, 0.3) is 0 Å². The zero-order valence-corrected chi connectivity index (χ0v) is 24.1. The van der Waals surface area contributed by atoms with E-state index in [0.717, 1.165) is 0 Å². The Kier molecular flexibility index (Phi) is 32.0. The van der Waals surface area contributed by atoms with Gasteiger partial charge in [0.15, 0.2) is 0 Å². The molecule has 0 aromatic carbocycles. The molecule has 0 aliphatic rings. The first-order valence-corrected chi connectivity index (χ1v) is 16.1. The molecule has 0 radical (unpaired) electrons. The number of hydrogen-bond donors (Lipinski definition) is 0. The predicted molar refractivity (Wildman–Crippen MR) is 159 cm³/mol. The normalized spacial score (nSPS) is 11.9. The fourth-order valence-corrected chi connectivity index (χ4v) is 5.10. The van der Waals surface area contributed by atoms with E-state index in [9.17, 15) is 0 Å². The molecule has 0 saturated heterocycles. The average molecular weight is 475 g/mol. The lowest BCUT2D eigenvalue weighted by Gasteiger charge is -2.04. The summed E-state index contributed by atoms with van der Waals surface area (Å²) in [7, 11) is 0. The predicted octanol–water partition coefficient (Wildman–Crippen LogP) is 13.1. The summed E-state index contributed by atoms with van der Waals surface area (Å²) >= 11 is 0. The van der Waals surface area contributed by atoms with Crippen LogP contribution < -0.4 is 0 Å². The van der Waals surface area contributed by atoms with Crippen LogP contribution in [0.2, 0.25) is 0 Å². The molecule has 0 aliphatic heterocycles. The fourth-order valence-electron chi connectivity index (χ4n) is 5.10. The van der Waals surface area contributed by atoms with Gasteiger partial charge in [0.1, 0.15) is 0 Å². The van der Waals surface area contributed by atoms with Gasteiger partial charge < -0.3 is 0 Å². The van der Waals surface area contributed by atoms with Crippen molar-refractivity contribution in [1.82, 2.24) is 0 Å². The van der Waals surface area contributed by atoms with Crippen molar-refractivity contribution in [3.8, 4) is 0 Å². The molecule has 0 fully saturated rings. The average Bonchev–Trinajstić information content (AvgIpc) is 2.85. The molecule has 0 rings (SSSR count). The van der Waals surface area contributed by atoms with Crippen LogP contribution in [-0.2, 0) is 0 Å². The lowest BCUT2D eigenvalue weighted by molar-refractivity contribution is 0.515. The monoisotopic (exact) mass is 475 g/mol. The van der Waals surface area contributed by atoms with Gasteiger partial charge in [-0.1, -0.05) is 178 Å². The summed E-state index contributed by atoms with van der Waals surface area (Å²) in [6.07, 6.45) is 49.7. The zero-order valence-electron chi connectivity index (χ0n) is 24.1. The van der Waals surface area contributed by atoms with Crippen molar-refractivity contribution < 1.29 is 0 Å². The van der Waals surface area contributed by atoms with Crippen LogP contribution in [0.4, 0.5) is 0 Å². The van der Waals surface area contributed by atoms with Crippen LogP contribution in [0.15, 0.2) is 24.3 Å². The molecule has 0 aromatic rings. The molecule has 0 heterocycles. The Morgan fingerprint density at radius 2 is 0.382 bits per heavy atom. The highest BCUT2D eigenvalue weighted by Crippen LogP contribution is 2.16. The first-order valence-electron chi connectivity index (χ1n) is 16.1. The van der Waals surface area contributed by atoms with E-state index in [1.807, 2.05) is 0 Å². The molecule has 202 valence electrons. The zero-order chi connectivity index (χ0) is 24.6. The molecule has 0 N–H and O–H groups in total.